The van der Waals surface area contributed by atoms with Crippen LogP contribution in [0.15, 0.2) is 0 Å². The normalized spacial score (nSPS) is 26.6. The van der Waals surface area contributed by atoms with Crippen molar-refractivity contribution in [1.29, 1.82) is 0 Å². The van der Waals surface area contributed by atoms with Crippen molar-refractivity contribution in [3.63, 3.8) is 0 Å². The maximum absolute atomic E-state index is 8.47. The molecule has 7 heavy (non-hydrogen) atoms. The molecule has 1 rings (SSSR count). The van der Waals surface area contributed by atoms with Crippen LogP contribution in [-0.4, -0.2) is 35.6 Å². The van der Waals surface area contributed by atoms with E-state index in [0.29, 0.717) is 6.54 Å². The third-order valence-corrected chi connectivity index (χ3v) is 0.840. The SMILES string of the molecule is CN1CCN(O)O1. The van der Waals surface area contributed by atoms with Gasteiger partial charge in [0, 0.05) is 13.6 Å². The molecule has 0 aromatic heterocycles. The molecule has 0 bridgehead atoms. The monoisotopic (exact) mass is 104 g/mol. The Balaban J connectivity index is 2.26. The Morgan fingerprint density at radius 3 is 2.43 bits per heavy atom. The van der Waals surface area contributed by atoms with Crippen LogP contribution < -0.4 is 0 Å². The van der Waals surface area contributed by atoms with Crippen LogP contribution >= 0.6 is 0 Å². The number of likely N-dealkylation sites (N-methyl/N-ethyl adjacent to an activating group) is 1. The molecule has 1 N–H and O–H groups in total. The highest BCUT2D eigenvalue weighted by Gasteiger charge is 2.13. The Bertz CT molecular complexity index is 60.0. The van der Waals surface area contributed by atoms with E-state index in [-0.39, 0.29) is 0 Å². The average molecular weight is 104 g/mol. The van der Waals surface area contributed by atoms with Crippen LogP contribution in [0.5, 0.6) is 0 Å². The summed E-state index contributed by atoms with van der Waals surface area (Å²) < 4.78 is 0. The quantitative estimate of drug-likeness (QED) is 0.448. The lowest BCUT2D eigenvalue weighted by atomic mass is 10.7. The van der Waals surface area contributed by atoms with Gasteiger partial charge >= 0.3 is 0 Å². The lowest BCUT2D eigenvalue weighted by Crippen LogP contribution is -2.15. The van der Waals surface area contributed by atoms with Crippen molar-refractivity contribution in [2.24, 2.45) is 0 Å². The highest BCUT2D eigenvalue weighted by Crippen LogP contribution is 1.97. The fraction of sp³-hybridized carbons (Fsp3) is 1.00. The molecule has 1 fully saturated rings. The van der Waals surface area contributed by atoms with Crippen LogP contribution in [0, 0.1) is 0 Å². The summed E-state index contributed by atoms with van der Waals surface area (Å²) in [5.41, 5.74) is 0. The summed E-state index contributed by atoms with van der Waals surface area (Å²) in [6.07, 6.45) is 0. The number of rotatable bonds is 0. The average Bonchev–Trinajstić information content (AvgIpc) is 1.87. The smallest absolute Gasteiger partial charge is 0.0685 e. The second-order valence-corrected chi connectivity index (χ2v) is 1.51. The molecule has 0 radical (unpaired) electrons. The molecule has 0 aromatic carbocycles. The van der Waals surface area contributed by atoms with Gasteiger partial charge in [-0.2, -0.15) is 10.0 Å². The molecule has 4 nitrogen and oxygen atoms in total. The van der Waals surface area contributed by atoms with Crippen LogP contribution in [0.2, 0.25) is 0 Å². The van der Waals surface area contributed by atoms with E-state index < -0.39 is 0 Å². The van der Waals surface area contributed by atoms with E-state index in [4.69, 9.17) is 5.21 Å². The second-order valence-electron chi connectivity index (χ2n) is 1.51. The zero-order chi connectivity index (χ0) is 5.28. The van der Waals surface area contributed by atoms with Crippen molar-refractivity contribution in [2.75, 3.05) is 20.1 Å². The van der Waals surface area contributed by atoms with Gasteiger partial charge in [-0.05, 0) is 5.23 Å². The molecule has 42 valence electrons. The first-order valence-electron chi connectivity index (χ1n) is 2.14. The van der Waals surface area contributed by atoms with Gasteiger partial charge in [-0.3, -0.25) is 5.21 Å². The Morgan fingerprint density at radius 1 is 1.57 bits per heavy atom. The van der Waals surface area contributed by atoms with Crippen LogP contribution in [0.1, 0.15) is 0 Å². The van der Waals surface area contributed by atoms with Crippen LogP contribution in [-0.2, 0) is 4.94 Å². The first-order valence-corrected chi connectivity index (χ1v) is 2.14. The fourth-order valence-electron chi connectivity index (χ4n) is 0.469. The number of hydrogen-bond donors (Lipinski definition) is 1. The van der Waals surface area contributed by atoms with Gasteiger partial charge in [0.15, 0.2) is 0 Å². The van der Waals surface area contributed by atoms with Gasteiger partial charge in [-0.25, -0.2) is 0 Å². The maximum Gasteiger partial charge on any atom is 0.0685 e. The summed E-state index contributed by atoms with van der Waals surface area (Å²) >= 11 is 0. The van der Waals surface area contributed by atoms with Crippen molar-refractivity contribution >= 4 is 0 Å². The molecular weight excluding hydrogens is 96.0 g/mol. The highest BCUT2D eigenvalue weighted by atomic mass is 17.0. The first-order chi connectivity index (χ1) is 3.29. The lowest BCUT2D eigenvalue weighted by Gasteiger charge is -2.04. The first kappa shape index (κ1) is 4.99. The van der Waals surface area contributed by atoms with Gasteiger partial charge < -0.3 is 0 Å². The molecule has 0 spiro atoms. The van der Waals surface area contributed by atoms with E-state index in [9.17, 15) is 0 Å². The minimum Gasteiger partial charge on any atom is -0.288 e. The molecule has 1 saturated heterocycles. The standard InChI is InChI=1S/C3H8N2O2/c1-4-2-3-5(6)7-4/h6H,2-3H2,1H3. The van der Waals surface area contributed by atoms with Crippen LogP contribution in [0.25, 0.3) is 0 Å². The molecule has 4 heteroatoms. The predicted molar refractivity (Wildman–Crippen MR) is 22.2 cm³/mol. The summed E-state index contributed by atoms with van der Waals surface area (Å²) in [5.74, 6) is 0. The molecule has 0 atom stereocenters. The van der Waals surface area contributed by atoms with Gasteiger partial charge in [0.05, 0.1) is 6.54 Å². The predicted octanol–water partition coefficient (Wildman–Crippen LogP) is -0.530. The van der Waals surface area contributed by atoms with Crippen molar-refractivity contribution in [2.45, 2.75) is 0 Å². The van der Waals surface area contributed by atoms with E-state index in [0.717, 1.165) is 11.8 Å². The van der Waals surface area contributed by atoms with E-state index >= 15 is 0 Å². The number of hydroxylamine groups is 4. The lowest BCUT2D eigenvalue weighted by molar-refractivity contribution is -0.386. The third kappa shape index (κ3) is 1.10. The molecular formula is C3H8N2O2. The number of hydrogen-bond acceptors (Lipinski definition) is 4. The van der Waals surface area contributed by atoms with Gasteiger partial charge in [-0.1, -0.05) is 0 Å². The molecule has 1 heterocycles. The van der Waals surface area contributed by atoms with Crippen molar-refractivity contribution in [3.05, 3.63) is 0 Å². The van der Waals surface area contributed by atoms with Crippen LogP contribution in [0.3, 0.4) is 0 Å². The molecule has 0 amide bonds. The third-order valence-electron chi connectivity index (χ3n) is 0.840. The molecule has 0 unspecified atom stereocenters. The fourth-order valence-corrected chi connectivity index (χ4v) is 0.469. The minimum absolute atomic E-state index is 0.566. The van der Waals surface area contributed by atoms with Crippen LogP contribution in [0.4, 0.5) is 0 Å². The molecule has 1 aliphatic heterocycles. The Labute approximate surface area is 41.8 Å². The van der Waals surface area contributed by atoms with Crippen molar-refractivity contribution < 1.29 is 10.1 Å². The van der Waals surface area contributed by atoms with E-state index in [1.807, 2.05) is 0 Å². The van der Waals surface area contributed by atoms with Gasteiger partial charge in [-0.15, -0.1) is 0 Å². The zero-order valence-corrected chi connectivity index (χ0v) is 4.16. The molecule has 1 aliphatic rings. The summed E-state index contributed by atoms with van der Waals surface area (Å²) in [6, 6.07) is 0. The summed E-state index contributed by atoms with van der Waals surface area (Å²) in [5, 5.41) is 10.8. The Morgan fingerprint density at radius 2 is 2.29 bits per heavy atom. The summed E-state index contributed by atoms with van der Waals surface area (Å²) in [4.78, 5) is 4.58. The Hall–Kier alpha value is -0.160. The number of nitrogens with zero attached hydrogens (tertiary/aromatic N) is 2. The van der Waals surface area contributed by atoms with Gasteiger partial charge in [0.2, 0.25) is 0 Å². The topological polar surface area (TPSA) is 35.9 Å². The zero-order valence-electron chi connectivity index (χ0n) is 4.16. The molecule has 0 aromatic rings. The minimum atomic E-state index is 0.566. The molecule has 0 aliphatic carbocycles. The summed E-state index contributed by atoms with van der Waals surface area (Å²) in [7, 11) is 1.76. The highest BCUT2D eigenvalue weighted by molar-refractivity contribution is 4.42. The second kappa shape index (κ2) is 1.75. The van der Waals surface area contributed by atoms with Crippen molar-refractivity contribution in [1.82, 2.24) is 10.3 Å². The van der Waals surface area contributed by atoms with E-state index in [1.54, 1.807) is 12.1 Å². The van der Waals surface area contributed by atoms with Gasteiger partial charge in [0.1, 0.15) is 0 Å². The van der Waals surface area contributed by atoms with E-state index in [1.165, 1.54) is 0 Å². The van der Waals surface area contributed by atoms with Crippen molar-refractivity contribution in [3.8, 4) is 0 Å². The maximum atomic E-state index is 8.47. The summed E-state index contributed by atoms with van der Waals surface area (Å²) in [6.45, 7) is 1.33. The largest absolute Gasteiger partial charge is 0.288 e. The van der Waals surface area contributed by atoms with Gasteiger partial charge in [0.25, 0.3) is 0 Å². The molecule has 0 saturated carbocycles. The van der Waals surface area contributed by atoms with E-state index in [2.05, 4.69) is 4.94 Å². The Kier molecular flexibility index (Phi) is 1.25.